The number of likely N-dealkylation sites (N-methyl/N-ethyl adjacent to an activating group) is 1. The molecule has 3 aromatic rings. The molecule has 0 aliphatic carbocycles. The summed E-state index contributed by atoms with van der Waals surface area (Å²) in [5.74, 6) is 0. The number of aromatic nitrogens is 3. The monoisotopic (exact) mass is 597 g/mol. The lowest BCUT2D eigenvalue weighted by molar-refractivity contribution is -0.245. The predicted octanol–water partition coefficient (Wildman–Crippen LogP) is 0.650. The van der Waals surface area contributed by atoms with Crippen LogP contribution in [0.25, 0.3) is 16.8 Å². The van der Waals surface area contributed by atoms with Crippen LogP contribution in [0.4, 0.5) is 5.69 Å². The molecule has 5 rings (SSSR count). The number of nitriles is 1. The van der Waals surface area contributed by atoms with Crippen molar-refractivity contribution in [2.45, 2.75) is 44.1 Å². The Morgan fingerprint density at radius 1 is 1.19 bits per heavy atom. The van der Waals surface area contributed by atoms with Gasteiger partial charge in [-0.3, -0.25) is 0 Å². The number of sulfonamides is 1. The highest BCUT2D eigenvalue weighted by molar-refractivity contribution is 7.93. The number of nitrogens with zero attached hydrogens (tertiary/aromatic N) is 6. The molecule has 0 unspecified atom stereocenters. The number of aliphatic hydroxyl groups excluding tert-OH is 2. The molecule has 1 aromatic heterocycles. The maximum absolute atomic E-state index is 13.0. The number of nitrogens with one attached hydrogen (secondary N) is 1. The van der Waals surface area contributed by atoms with E-state index in [1.807, 2.05) is 18.2 Å². The third-order valence-corrected chi connectivity index (χ3v) is 8.92. The van der Waals surface area contributed by atoms with Crippen molar-refractivity contribution in [3.05, 3.63) is 58.8 Å². The molecular weight excluding hydrogens is 562 g/mol. The number of methoxy groups -OCH3 is 1. The van der Waals surface area contributed by atoms with E-state index in [0.717, 1.165) is 42.6 Å². The third-order valence-electron chi connectivity index (χ3n) is 7.61. The first-order valence-electron chi connectivity index (χ1n) is 13.7. The lowest BCUT2D eigenvalue weighted by Crippen LogP contribution is -2.50. The average Bonchev–Trinajstić information content (AvgIpc) is 3.44. The number of anilines is 1. The second-order valence-electron chi connectivity index (χ2n) is 10.6. The first kappa shape index (κ1) is 30.1. The molecule has 4 atom stereocenters. The fourth-order valence-corrected chi connectivity index (χ4v) is 5.99. The number of allylic oxidation sites excluding steroid dienone is 1. The fraction of sp³-hybridized carbons (Fsp3) is 0.464. The van der Waals surface area contributed by atoms with Gasteiger partial charge in [-0.05, 0) is 47.7 Å². The third kappa shape index (κ3) is 6.96. The van der Waals surface area contributed by atoms with Crippen LogP contribution in [0.2, 0.25) is 0 Å². The second-order valence-corrected chi connectivity index (χ2v) is 12.3. The summed E-state index contributed by atoms with van der Waals surface area (Å²) in [4.78, 5) is 4.23. The minimum Gasteiger partial charge on any atom is -0.390 e. The zero-order chi connectivity index (χ0) is 29.9. The van der Waals surface area contributed by atoms with Gasteiger partial charge in [-0.15, -0.1) is 5.10 Å². The standard InChI is InChI=1S/C28H35N7O6S/c1-33-7-9-34(10-8-33)23-6-5-20-11-19(3-4-21(20)13-23)12-24(15-29)42(38,39)30-16-22-17-35(32-31-22)18-26-28(37)25(36)14-27(40-2)41-26/h3-6,11-13,17,25-28,30,36-37H,7-10,14,16,18H2,1-2H3/b24-12+/t25-,26-,27+,28+/m1/s1. The van der Waals surface area contributed by atoms with Crippen LogP contribution in [-0.4, -0.2) is 103 Å². The molecule has 3 heterocycles. The summed E-state index contributed by atoms with van der Waals surface area (Å²) in [7, 11) is -0.579. The van der Waals surface area contributed by atoms with Gasteiger partial charge in [0.2, 0.25) is 0 Å². The largest absolute Gasteiger partial charge is 0.390 e. The van der Waals surface area contributed by atoms with Crippen molar-refractivity contribution in [3.8, 4) is 6.07 Å². The number of rotatable bonds is 9. The Bertz CT molecular complexity index is 1580. The number of aliphatic hydroxyl groups is 2. The molecule has 42 heavy (non-hydrogen) atoms. The molecular formula is C28H35N7O6S. The van der Waals surface area contributed by atoms with Gasteiger partial charge >= 0.3 is 0 Å². The Morgan fingerprint density at radius 3 is 2.67 bits per heavy atom. The number of benzene rings is 2. The summed E-state index contributed by atoms with van der Waals surface area (Å²) in [6.45, 7) is 3.82. The van der Waals surface area contributed by atoms with Gasteiger partial charge in [0.25, 0.3) is 10.0 Å². The highest BCUT2D eigenvalue weighted by Crippen LogP contribution is 2.26. The van der Waals surface area contributed by atoms with Crippen molar-refractivity contribution < 1.29 is 28.1 Å². The summed E-state index contributed by atoms with van der Waals surface area (Å²) in [5, 5.41) is 39.8. The number of hydrogen-bond donors (Lipinski definition) is 3. The second kappa shape index (κ2) is 12.8. The van der Waals surface area contributed by atoms with E-state index in [1.165, 1.54) is 24.1 Å². The molecule has 0 spiro atoms. The van der Waals surface area contributed by atoms with Gasteiger partial charge < -0.3 is 29.5 Å². The van der Waals surface area contributed by atoms with E-state index in [1.54, 1.807) is 12.1 Å². The van der Waals surface area contributed by atoms with Gasteiger partial charge in [0.1, 0.15) is 18.3 Å². The normalized spacial score (nSPS) is 24.2. The summed E-state index contributed by atoms with van der Waals surface area (Å²) < 4.78 is 40.5. The zero-order valence-corrected chi connectivity index (χ0v) is 24.3. The van der Waals surface area contributed by atoms with Crippen LogP contribution in [0.5, 0.6) is 0 Å². The van der Waals surface area contributed by atoms with Gasteiger partial charge in [0, 0.05) is 51.6 Å². The van der Waals surface area contributed by atoms with E-state index >= 15 is 0 Å². The number of fused-ring (bicyclic) bond motifs is 1. The molecule has 14 heteroatoms. The topological polar surface area (TPSA) is 166 Å². The van der Waals surface area contributed by atoms with Crippen molar-refractivity contribution in [2.75, 3.05) is 45.2 Å². The van der Waals surface area contributed by atoms with Crippen LogP contribution >= 0.6 is 0 Å². The van der Waals surface area contributed by atoms with Gasteiger partial charge in [0.05, 0.1) is 24.9 Å². The summed E-state index contributed by atoms with van der Waals surface area (Å²) in [6, 6.07) is 13.6. The Hall–Kier alpha value is -3.42. The van der Waals surface area contributed by atoms with E-state index in [4.69, 9.17) is 9.47 Å². The molecule has 2 aromatic carbocycles. The molecule has 2 saturated heterocycles. The SMILES string of the molecule is CO[C@@H]1C[C@@H](O)[C@H](O)[C@@H](Cn2cc(CNS(=O)(=O)/C(C#N)=C/c3ccc4cc(N5CCN(C)CC5)ccc4c3)nn2)O1. The maximum atomic E-state index is 13.0. The molecule has 2 aliphatic heterocycles. The van der Waals surface area contributed by atoms with E-state index in [2.05, 4.69) is 44.0 Å². The first-order valence-corrected chi connectivity index (χ1v) is 15.2. The molecule has 2 aliphatic rings. The summed E-state index contributed by atoms with van der Waals surface area (Å²) >= 11 is 0. The van der Waals surface area contributed by atoms with E-state index < -0.39 is 39.5 Å². The highest BCUT2D eigenvalue weighted by atomic mass is 32.2. The van der Waals surface area contributed by atoms with Gasteiger partial charge in [-0.25, -0.2) is 17.8 Å². The fourth-order valence-electron chi connectivity index (χ4n) is 5.08. The predicted molar refractivity (Wildman–Crippen MR) is 155 cm³/mol. The minimum absolute atomic E-state index is 0.0695. The van der Waals surface area contributed by atoms with Crippen molar-refractivity contribution >= 4 is 32.6 Å². The maximum Gasteiger partial charge on any atom is 0.251 e. The van der Waals surface area contributed by atoms with Crippen molar-refractivity contribution in [1.29, 1.82) is 5.26 Å². The average molecular weight is 598 g/mol. The van der Waals surface area contributed by atoms with E-state index in [9.17, 15) is 23.9 Å². The summed E-state index contributed by atoms with van der Waals surface area (Å²) in [5.41, 5.74) is 2.04. The molecule has 0 bridgehead atoms. The van der Waals surface area contributed by atoms with Crippen LogP contribution in [0, 0.1) is 11.3 Å². The van der Waals surface area contributed by atoms with Gasteiger partial charge in [-0.2, -0.15) is 5.26 Å². The lowest BCUT2D eigenvalue weighted by Gasteiger charge is -2.36. The van der Waals surface area contributed by atoms with Gasteiger partial charge in [-0.1, -0.05) is 23.4 Å². The minimum atomic E-state index is -4.14. The van der Waals surface area contributed by atoms with Crippen LogP contribution < -0.4 is 9.62 Å². The molecule has 13 nitrogen and oxygen atoms in total. The summed E-state index contributed by atoms with van der Waals surface area (Å²) in [6.07, 6.45) is -0.630. The van der Waals surface area contributed by atoms with Gasteiger partial charge in [0.15, 0.2) is 11.2 Å². The van der Waals surface area contributed by atoms with Crippen LogP contribution in [0.1, 0.15) is 17.7 Å². The van der Waals surface area contributed by atoms with Crippen molar-refractivity contribution in [1.82, 2.24) is 24.6 Å². The highest BCUT2D eigenvalue weighted by Gasteiger charge is 2.37. The van der Waals surface area contributed by atoms with Crippen molar-refractivity contribution in [2.24, 2.45) is 0 Å². The zero-order valence-electron chi connectivity index (χ0n) is 23.5. The molecule has 224 valence electrons. The first-order chi connectivity index (χ1) is 20.1. The van der Waals surface area contributed by atoms with Crippen LogP contribution in [0.15, 0.2) is 47.5 Å². The van der Waals surface area contributed by atoms with Crippen molar-refractivity contribution in [3.63, 3.8) is 0 Å². The molecule has 0 amide bonds. The lowest BCUT2D eigenvalue weighted by atomic mass is 10.0. The number of ether oxygens (including phenoxy) is 2. The number of hydrogen-bond acceptors (Lipinski definition) is 11. The number of piperazine rings is 1. The Labute approximate surface area is 244 Å². The van der Waals surface area contributed by atoms with E-state index in [0.29, 0.717) is 11.3 Å². The van der Waals surface area contributed by atoms with Crippen LogP contribution in [-0.2, 0) is 32.6 Å². The van der Waals surface area contributed by atoms with Crippen LogP contribution in [0.3, 0.4) is 0 Å². The quantitative estimate of drug-likeness (QED) is 0.297. The molecule has 0 radical (unpaired) electrons. The molecule has 2 fully saturated rings. The smallest absolute Gasteiger partial charge is 0.251 e. The molecule has 3 N–H and O–H groups in total. The molecule has 0 saturated carbocycles. The Balaban J connectivity index is 1.23. The Morgan fingerprint density at radius 2 is 1.93 bits per heavy atom. The Kier molecular flexibility index (Phi) is 9.19. The van der Waals surface area contributed by atoms with E-state index in [-0.39, 0.29) is 19.5 Å².